The van der Waals surface area contributed by atoms with E-state index in [0.717, 1.165) is 0 Å². The molecule has 3 heteroatoms. The molecule has 0 aliphatic rings. The molecule has 1 nitrogen and oxygen atoms in total. The minimum atomic E-state index is 0.0961. The van der Waals surface area contributed by atoms with Gasteiger partial charge in [-0.05, 0) is 32.9 Å². The normalized spacial score (nSPS) is 12.0. The predicted octanol–water partition coefficient (Wildman–Crippen LogP) is 2.75. The number of nitrogens with two attached hydrogens (primary N) is 1. The Morgan fingerprint density at radius 2 is 2.27 bits per heavy atom. The molecule has 11 heavy (non-hydrogen) atoms. The molecule has 0 spiro atoms. The van der Waals surface area contributed by atoms with Gasteiger partial charge in [0, 0.05) is 12.0 Å². The standard InChI is InChI=1S/C8H12BrNS/c1-8(2,5-10)6-3-4-11-7(6)9/h3-4H,5,10H2,1-2H3. The van der Waals surface area contributed by atoms with Gasteiger partial charge in [-0.2, -0.15) is 0 Å². The molecule has 62 valence electrons. The molecule has 0 unspecified atom stereocenters. The Morgan fingerprint density at radius 1 is 1.64 bits per heavy atom. The summed E-state index contributed by atoms with van der Waals surface area (Å²) >= 11 is 5.21. The summed E-state index contributed by atoms with van der Waals surface area (Å²) in [5.74, 6) is 0. The largest absolute Gasteiger partial charge is 0.330 e. The van der Waals surface area contributed by atoms with Gasteiger partial charge in [-0.25, -0.2) is 0 Å². The second kappa shape index (κ2) is 3.25. The van der Waals surface area contributed by atoms with Gasteiger partial charge >= 0.3 is 0 Å². The first-order valence-electron chi connectivity index (χ1n) is 3.51. The van der Waals surface area contributed by atoms with E-state index in [9.17, 15) is 0 Å². The Balaban J connectivity index is 3.00. The van der Waals surface area contributed by atoms with Gasteiger partial charge in [-0.1, -0.05) is 13.8 Å². The lowest BCUT2D eigenvalue weighted by Gasteiger charge is -2.21. The van der Waals surface area contributed by atoms with Crippen molar-refractivity contribution in [3.8, 4) is 0 Å². The molecule has 0 aliphatic heterocycles. The van der Waals surface area contributed by atoms with Gasteiger partial charge in [0.2, 0.25) is 0 Å². The summed E-state index contributed by atoms with van der Waals surface area (Å²) in [5.41, 5.74) is 7.06. The highest BCUT2D eigenvalue weighted by Gasteiger charge is 2.21. The summed E-state index contributed by atoms with van der Waals surface area (Å²) in [6.45, 7) is 4.99. The van der Waals surface area contributed by atoms with Crippen molar-refractivity contribution in [2.75, 3.05) is 6.54 Å². The highest BCUT2D eigenvalue weighted by molar-refractivity contribution is 9.11. The summed E-state index contributed by atoms with van der Waals surface area (Å²) in [5, 5.41) is 2.08. The van der Waals surface area contributed by atoms with Crippen molar-refractivity contribution in [1.29, 1.82) is 0 Å². The molecule has 0 bridgehead atoms. The Labute approximate surface area is 79.7 Å². The quantitative estimate of drug-likeness (QED) is 0.836. The zero-order valence-corrected chi connectivity index (χ0v) is 9.13. The van der Waals surface area contributed by atoms with Crippen LogP contribution >= 0.6 is 27.3 Å². The molecule has 1 rings (SSSR count). The highest BCUT2D eigenvalue weighted by Crippen LogP contribution is 2.33. The van der Waals surface area contributed by atoms with Gasteiger partial charge in [0.05, 0.1) is 3.79 Å². The van der Waals surface area contributed by atoms with E-state index in [1.54, 1.807) is 11.3 Å². The molecule has 2 N–H and O–H groups in total. The zero-order chi connectivity index (χ0) is 8.48. The van der Waals surface area contributed by atoms with Crippen LogP contribution in [0.3, 0.4) is 0 Å². The van der Waals surface area contributed by atoms with Gasteiger partial charge in [0.25, 0.3) is 0 Å². The first-order valence-corrected chi connectivity index (χ1v) is 5.19. The second-order valence-electron chi connectivity index (χ2n) is 3.20. The van der Waals surface area contributed by atoms with Gasteiger partial charge in [-0.3, -0.25) is 0 Å². The summed E-state index contributed by atoms with van der Waals surface area (Å²) in [6.07, 6.45) is 0. The lowest BCUT2D eigenvalue weighted by Crippen LogP contribution is -2.27. The average molecular weight is 234 g/mol. The fourth-order valence-corrected chi connectivity index (χ4v) is 2.68. The van der Waals surface area contributed by atoms with E-state index in [1.807, 2.05) is 0 Å². The zero-order valence-electron chi connectivity index (χ0n) is 6.73. The average Bonchev–Trinajstić information content (AvgIpc) is 2.36. The van der Waals surface area contributed by atoms with Crippen LogP contribution in [0.15, 0.2) is 15.2 Å². The van der Waals surface area contributed by atoms with Crippen molar-refractivity contribution in [2.45, 2.75) is 19.3 Å². The van der Waals surface area contributed by atoms with Crippen molar-refractivity contribution in [3.05, 3.63) is 20.8 Å². The van der Waals surface area contributed by atoms with Gasteiger partial charge in [0.1, 0.15) is 0 Å². The monoisotopic (exact) mass is 233 g/mol. The summed E-state index contributed by atoms with van der Waals surface area (Å²) < 4.78 is 1.20. The number of halogens is 1. The van der Waals surface area contributed by atoms with Crippen LogP contribution in [0.1, 0.15) is 19.4 Å². The number of thiophene rings is 1. The fraction of sp³-hybridized carbons (Fsp3) is 0.500. The van der Waals surface area contributed by atoms with Crippen molar-refractivity contribution in [3.63, 3.8) is 0 Å². The molecule has 1 aromatic heterocycles. The maximum absolute atomic E-state index is 5.65. The van der Waals surface area contributed by atoms with E-state index < -0.39 is 0 Å². The molecule has 0 saturated carbocycles. The first-order chi connectivity index (χ1) is 5.08. The van der Waals surface area contributed by atoms with Gasteiger partial charge in [-0.15, -0.1) is 11.3 Å². The van der Waals surface area contributed by atoms with E-state index in [4.69, 9.17) is 5.73 Å². The summed E-state index contributed by atoms with van der Waals surface area (Å²) in [7, 11) is 0. The topological polar surface area (TPSA) is 26.0 Å². The third-order valence-corrected chi connectivity index (χ3v) is 3.54. The van der Waals surface area contributed by atoms with Crippen LogP contribution in [0.2, 0.25) is 0 Å². The third kappa shape index (κ3) is 1.83. The molecular formula is C8H12BrNS. The van der Waals surface area contributed by atoms with Crippen molar-refractivity contribution >= 4 is 27.3 Å². The van der Waals surface area contributed by atoms with E-state index in [1.165, 1.54) is 9.35 Å². The molecule has 0 aliphatic carbocycles. The molecule has 0 aromatic carbocycles. The predicted molar refractivity (Wildman–Crippen MR) is 54.1 cm³/mol. The summed E-state index contributed by atoms with van der Waals surface area (Å²) in [6, 6.07) is 2.13. The first kappa shape index (κ1) is 9.23. The Kier molecular flexibility index (Phi) is 2.73. The lowest BCUT2D eigenvalue weighted by atomic mass is 9.87. The van der Waals surface area contributed by atoms with Gasteiger partial charge < -0.3 is 5.73 Å². The fourth-order valence-electron chi connectivity index (χ4n) is 0.892. The number of hydrogen-bond acceptors (Lipinski definition) is 2. The molecule has 0 fully saturated rings. The molecule has 0 atom stereocenters. The Bertz CT molecular complexity index is 242. The van der Waals surface area contributed by atoms with Crippen LogP contribution in [0, 0.1) is 0 Å². The maximum atomic E-state index is 5.65. The molecule has 1 heterocycles. The van der Waals surface area contributed by atoms with Crippen molar-refractivity contribution in [2.24, 2.45) is 5.73 Å². The number of hydrogen-bond donors (Lipinski definition) is 1. The smallest absolute Gasteiger partial charge is 0.0736 e. The SMILES string of the molecule is CC(C)(CN)c1ccsc1Br. The number of rotatable bonds is 2. The molecule has 1 aromatic rings. The van der Waals surface area contributed by atoms with E-state index >= 15 is 0 Å². The van der Waals surface area contributed by atoms with Crippen LogP contribution in [0.25, 0.3) is 0 Å². The van der Waals surface area contributed by atoms with Crippen LogP contribution < -0.4 is 5.73 Å². The van der Waals surface area contributed by atoms with Gasteiger partial charge in [0.15, 0.2) is 0 Å². The second-order valence-corrected chi connectivity index (χ2v) is 5.43. The van der Waals surface area contributed by atoms with Crippen molar-refractivity contribution < 1.29 is 0 Å². The molecule has 0 amide bonds. The Morgan fingerprint density at radius 3 is 2.64 bits per heavy atom. The van der Waals surface area contributed by atoms with Crippen LogP contribution in [0.4, 0.5) is 0 Å². The lowest BCUT2D eigenvalue weighted by molar-refractivity contribution is 0.539. The maximum Gasteiger partial charge on any atom is 0.0736 e. The van der Waals surface area contributed by atoms with Crippen LogP contribution in [-0.2, 0) is 5.41 Å². The van der Waals surface area contributed by atoms with E-state index in [0.29, 0.717) is 6.54 Å². The summed E-state index contributed by atoms with van der Waals surface area (Å²) in [4.78, 5) is 0. The highest BCUT2D eigenvalue weighted by atomic mass is 79.9. The van der Waals surface area contributed by atoms with E-state index in [-0.39, 0.29) is 5.41 Å². The molecule has 0 saturated heterocycles. The van der Waals surface area contributed by atoms with Crippen LogP contribution in [0.5, 0.6) is 0 Å². The molecule has 0 radical (unpaired) electrons. The van der Waals surface area contributed by atoms with Crippen molar-refractivity contribution in [1.82, 2.24) is 0 Å². The van der Waals surface area contributed by atoms with E-state index in [2.05, 4.69) is 41.2 Å². The Hall–Kier alpha value is 0.140. The minimum absolute atomic E-state index is 0.0961. The third-order valence-electron chi connectivity index (χ3n) is 1.86. The van der Waals surface area contributed by atoms with Crippen LogP contribution in [-0.4, -0.2) is 6.54 Å². The molecular weight excluding hydrogens is 222 g/mol. The minimum Gasteiger partial charge on any atom is -0.330 e.